The summed E-state index contributed by atoms with van der Waals surface area (Å²) in [4.78, 5) is 0. The number of ether oxygens (including phenoxy) is 1. The Kier molecular flexibility index (Phi) is 5.35. The second kappa shape index (κ2) is 6.35. The van der Waals surface area contributed by atoms with Gasteiger partial charge in [0.1, 0.15) is 0 Å². The van der Waals surface area contributed by atoms with Gasteiger partial charge >= 0.3 is 0 Å². The molecule has 78 valence electrons. The van der Waals surface area contributed by atoms with Gasteiger partial charge in [0.05, 0.1) is 12.2 Å². The summed E-state index contributed by atoms with van der Waals surface area (Å²) >= 11 is 0. The monoisotopic (exact) mass is 187 g/mol. The van der Waals surface area contributed by atoms with E-state index >= 15 is 0 Å². The van der Waals surface area contributed by atoms with Gasteiger partial charge in [0.2, 0.25) is 0 Å². The molecule has 0 saturated carbocycles. The number of rotatable bonds is 5. The van der Waals surface area contributed by atoms with E-state index in [2.05, 4.69) is 5.32 Å². The molecule has 0 aliphatic carbocycles. The Morgan fingerprint density at radius 2 is 2.38 bits per heavy atom. The maximum Gasteiger partial charge on any atom is 0.0636 e. The predicted molar refractivity (Wildman–Crippen MR) is 52.8 cm³/mol. The Bertz CT molecular complexity index is 122. The van der Waals surface area contributed by atoms with Gasteiger partial charge < -0.3 is 15.2 Å². The molecule has 2 atom stereocenters. The molecule has 0 aromatic carbocycles. The van der Waals surface area contributed by atoms with E-state index in [1.54, 1.807) is 6.92 Å². The molecule has 0 amide bonds. The number of aliphatic hydroxyl groups is 1. The molecule has 2 unspecified atom stereocenters. The second-order valence-corrected chi connectivity index (χ2v) is 3.83. The van der Waals surface area contributed by atoms with Crippen LogP contribution in [0.1, 0.15) is 32.6 Å². The lowest BCUT2D eigenvalue weighted by atomic mass is 10.1. The molecule has 1 aliphatic heterocycles. The van der Waals surface area contributed by atoms with Crippen LogP contribution in [-0.4, -0.2) is 37.0 Å². The fourth-order valence-electron chi connectivity index (χ4n) is 1.61. The van der Waals surface area contributed by atoms with Crippen LogP contribution in [0.25, 0.3) is 0 Å². The van der Waals surface area contributed by atoms with Crippen molar-refractivity contribution in [2.45, 2.75) is 44.8 Å². The minimum Gasteiger partial charge on any atom is -0.392 e. The second-order valence-electron chi connectivity index (χ2n) is 3.83. The molecule has 13 heavy (non-hydrogen) atoms. The van der Waals surface area contributed by atoms with E-state index < -0.39 is 0 Å². The first kappa shape index (κ1) is 11.0. The maximum absolute atomic E-state index is 9.00. The van der Waals surface area contributed by atoms with Crippen LogP contribution in [0.2, 0.25) is 0 Å². The third-order valence-electron chi connectivity index (χ3n) is 2.36. The molecular formula is C10H21NO2. The van der Waals surface area contributed by atoms with E-state index in [0.29, 0.717) is 12.6 Å². The van der Waals surface area contributed by atoms with Gasteiger partial charge in [-0.3, -0.25) is 0 Å². The lowest BCUT2D eigenvalue weighted by molar-refractivity contribution is 0.0112. The molecule has 1 fully saturated rings. The van der Waals surface area contributed by atoms with Gasteiger partial charge in [0.15, 0.2) is 0 Å². The quantitative estimate of drug-likeness (QED) is 0.629. The highest BCUT2D eigenvalue weighted by Gasteiger charge is 2.12. The first-order valence-corrected chi connectivity index (χ1v) is 5.29. The summed E-state index contributed by atoms with van der Waals surface area (Å²) in [6.45, 7) is 4.37. The predicted octanol–water partition coefficient (Wildman–Crippen LogP) is 0.916. The van der Waals surface area contributed by atoms with Crippen molar-refractivity contribution in [3.05, 3.63) is 0 Å². The van der Waals surface area contributed by atoms with Gasteiger partial charge in [0, 0.05) is 13.2 Å². The lowest BCUT2D eigenvalue weighted by Gasteiger charge is -2.22. The Labute approximate surface area is 80.5 Å². The Hall–Kier alpha value is -0.120. The van der Waals surface area contributed by atoms with Crippen molar-refractivity contribution in [2.75, 3.05) is 19.7 Å². The average molecular weight is 187 g/mol. The highest BCUT2D eigenvalue weighted by atomic mass is 16.5. The van der Waals surface area contributed by atoms with Gasteiger partial charge in [-0.25, -0.2) is 0 Å². The minimum absolute atomic E-state index is 0.243. The Morgan fingerprint density at radius 3 is 3.00 bits per heavy atom. The van der Waals surface area contributed by atoms with Crippen molar-refractivity contribution in [3.8, 4) is 0 Å². The fraction of sp³-hybridized carbons (Fsp3) is 1.00. The van der Waals surface area contributed by atoms with Gasteiger partial charge in [-0.15, -0.1) is 0 Å². The average Bonchev–Trinajstić information content (AvgIpc) is 2.14. The fourth-order valence-corrected chi connectivity index (χ4v) is 1.61. The van der Waals surface area contributed by atoms with Gasteiger partial charge in [-0.1, -0.05) is 0 Å². The summed E-state index contributed by atoms with van der Waals surface area (Å²) in [7, 11) is 0. The van der Waals surface area contributed by atoms with Crippen molar-refractivity contribution in [1.82, 2.24) is 5.32 Å². The Morgan fingerprint density at radius 1 is 1.54 bits per heavy atom. The number of nitrogens with one attached hydrogen (secondary N) is 1. The van der Waals surface area contributed by atoms with Crippen molar-refractivity contribution in [1.29, 1.82) is 0 Å². The van der Waals surface area contributed by atoms with Crippen molar-refractivity contribution in [2.24, 2.45) is 0 Å². The van der Waals surface area contributed by atoms with E-state index in [-0.39, 0.29) is 6.10 Å². The summed E-state index contributed by atoms with van der Waals surface area (Å²) in [6.07, 6.45) is 5.02. The number of hydrogen-bond donors (Lipinski definition) is 2. The van der Waals surface area contributed by atoms with E-state index in [9.17, 15) is 0 Å². The van der Waals surface area contributed by atoms with Crippen LogP contribution in [0.4, 0.5) is 0 Å². The number of hydrogen-bond acceptors (Lipinski definition) is 3. The molecule has 0 bridgehead atoms. The van der Waals surface area contributed by atoms with Crippen LogP contribution in [0.15, 0.2) is 0 Å². The molecule has 1 rings (SSSR count). The van der Waals surface area contributed by atoms with Crippen LogP contribution in [0, 0.1) is 0 Å². The zero-order valence-electron chi connectivity index (χ0n) is 8.46. The number of aliphatic hydroxyl groups excluding tert-OH is 1. The van der Waals surface area contributed by atoms with Crippen molar-refractivity contribution < 1.29 is 9.84 Å². The highest BCUT2D eigenvalue weighted by Crippen LogP contribution is 2.14. The summed E-state index contributed by atoms with van der Waals surface area (Å²) in [5.74, 6) is 0. The van der Waals surface area contributed by atoms with Crippen LogP contribution in [0.3, 0.4) is 0 Å². The van der Waals surface area contributed by atoms with Crippen molar-refractivity contribution >= 4 is 0 Å². The van der Waals surface area contributed by atoms with Crippen LogP contribution < -0.4 is 5.32 Å². The summed E-state index contributed by atoms with van der Waals surface area (Å²) in [5, 5.41) is 12.2. The van der Waals surface area contributed by atoms with Gasteiger partial charge in [0.25, 0.3) is 0 Å². The largest absolute Gasteiger partial charge is 0.392 e. The molecule has 0 spiro atoms. The third-order valence-corrected chi connectivity index (χ3v) is 2.36. The van der Waals surface area contributed by atoms with E-state index in [1.807, 2.05) is 0 Å². The van der Waals surface area contributed by atoms with Crippen LogP contribution in [-0.2, 0) is 4.74 Å². The molecule has 3 heteroatoms. The molecule has 0 aromatic rings. The lowest BCUT2D eigenvalue weighted by Crippen LogP contribution is -2.29. The molecule has 1 heterocycles. The van der Waals surface area contributed by atoms with Crippen molar-refractivity contribution in [3.63, 3.8) is 0 Å². The first-order valence-electron chi connectivity index (χ1n) is 5.29. The van der Waals surface area contributed by atoms with E-state index in [1.165, 1.54) is 19.3 Å². The zero-order valence-corrected chi connectivity index (χ0v) is 8.46. The highest BCUT2D eigenvalue weighted by molar-refractivity contribution is 4.65. The topological polar surface area (TPSA) is 41.5 Å². The normalized spacial score (nSPS) is 25.8. The van der Waals surface area contributed by atoms with E-state index in [4.69, 9.17) is 9.84 Å². The molecule has 0 radical (unpaired) electrons. The molecule has 3 nitrogen and oxygen atoms in total. The molecule has 1 aliphatic rings. The van der Waals surface area contributed by atoms with Gasteiger partial charge in [-0.05, 0) is 39.2 Å². The van der Waals surface area contributed by atoms with Crippen LogP contribution in [0.5, 0.6) is 0 Å². The maximum atomic E-state index is 9.00. The molecule has 2 N–H and O–H groups in total. The van der Waals surface area contributed by atoms with E-state index in [0.717, 1.165) is 19.6 Å². The zero-order chi connectivity index (χ0) is 9.52. The Balaban J connectivity index is 1.92. The summed E-state index contributed by atoms with van der Waals surface area (Å²) < 4.78 is 5.58. The standard InChI is InChI=1S/C10H21NO2/c1-9(12)8-11-6-5-10-4-2-3-7-13-10/h9-12H,2-8H2,1H3. The summed E-state index contributed by atoms with van der Waals surface area (Å²) in [5.41, 5.74) is 0. The third kappa shape index (κ3) is 5.24. The molecular weight excluding hydrogens is 166 g/mol. The molecule has 1 saturated heterocycles. The summed E-state index contributed by atoms with van der Waals surface area (Å²) in [6, 6.07) is 0. The van der Waals surface area contributed by atoms with Gasteiger partial charge in [-0.2, -0.15) is 0 Å². The minimum atomic E-state index is -0.243. The first-order chi connectivity index (χ1) is 6.29. The SMILES string of the molecule is CC(O)CNCCC1CCCCO1. The smallest absolute Gasteiger partial charge is 0.0636 e. The van der Waals surface area contributed by atoms with Crippen LogP contribution >= 0.6 is 0 Å². The molecule has 0 aromatic heterocycles.